The Kier molecular flexibility index (Phi) is 8.34. The molecule has 0 spiro atoms. The summed E-state index contributed by atoms with van der Waals surface area (Å²) in [5, 5.41) is 3.59. The van der Waals surface area contributed by atoms with Crippen LogP contribution in [0.2, 0.25) is 0 Å². The number of nitrogens with one attached hydrogen (secondary N) is 1. The van der Waals surface area contributed by atoms with Gasteiger partial charge in [0.25, 0.3) is 0 Å². The number of hydrogen-bond acceptors (Lipinski definition) is 6. The van der Waals surface area contributed by atoms with E-state index in [4.69, 9.17) is 14.2 Å². The smallest absolute Gasteiger partial charge is 0.227 e. The molecule has 0 bridgehead atoms. The molecule has 214 valence electrons. The second kappa shape index (κ2) is 12.1. The molecule has 1 N–H and O–H groups in total. The highest BCUT2D eigenvalue weighted by Gasteiger charge is 2.42. The molecule has 0 aromatic heterocycles. The molecule has 0 radical (unpaired) electrons. The average Bonchev–Trinajstić information content (AvgIpc) is 3.15. The highest BCUT2D eigenvalue weighted by molar-refractivity contribution is 6.06. The molecule has 1 amide bonds. The van der Waals surface area contributed by atoms with Crippen LogP contribution >= 0.6 is 0 Å². The van der Waals surface area contributed by atoms with Crippen molar-refractivity contribution in [1.82, 2.24) is 0 Å². The zero-order chi connectivity index (χ0) is 29.1. The number of nitrogens with zero attached hydrogens (tertiary/aromatic N) is 1. The predicted octanol–water partition coefficient (Wildman–Crippen LogP) is 7.19. The summed E-state index contributed by atoms with van der Waals surface area (Å²) in [5.74, 6) is 1.83. The summed E-state index contributed by atoms with van der Waals surface area (Å²) in [6.07, 6.45) is 2.02. The summed E-state index contributed by atoms with van der Waals surface area (Å²) in [6.45, 7) is 5.96. The number of fused-ring (bicyclic) bond motifs is 1. The minimum atomic E-state index is -0.632. The number of hydrogen-bond donors (Lipinski definition) is 1. The zero-order valence-corrected chi connectivity index (χ0v) is 24.4. The molecule has 7 heteroatoms. The quantitative estimate of drug-likeness (QED) is 0.318. The van der Waals surface area contributed by atoms with Crippen molar-refractivity contribution in [3.8, 4) is 17.2 Å². The molecule has 2 aliphatic rings. The Balaban J connectivity index is 1.69. The Morgan fingerprint density at radius 3 is 2.41 bits per heavy atom. The standard InChI is InChI=1S/C34H38N2O5/c1-6-21(3)41-29-15-11-8-12-24(29)34-33-26(35-25-13-9-10-14-27(25)36(34)32(38)7-2)18-23(19-28(33)37)22-16-17-30(39-4)31(20-22)40-5/h8-17,20-21,23,34-35H,6-7,18-19H2,1-5H3/t21-,23+,34+/m0/s1. The third-order valence-electron chi connectivity index (χ3n) is 8.06. The van der Waals surface area contributed by atoms with Crippen LogP contribution in [0, 0.1) is 0 Å². The normalized spacial score (nSPS) is 19.0. The van der Waals surface area contributed by atoms with Gasteiger partial charge in [0, 0.05) is 29.7 Å². The van der Waals surface area contributed by atoms with E-state index in [1.54, 1.807) is 19.1 Å². The van der Waals surface area contributed by atoms with Gasteiger partial charge >= 0.3 is 0 Å². The second-order valence-corrected chi connectivity index (χ2v) is 10.6. The van der Waals surface area contributed by atoms with E-state index in [9.17, 15) is 9.59 Å². The number of benzene rings is 3. The number of allylic oxidation sites excluding steroid dienone is 1. The van der Waals surface area contributed by atoms with E-state index in [1.807, 2.05) is 80.6 Å². The topological polar surface area (TPSA) is 77.1 Å². The number of ketones is 1. The summed E-state index contributed by atoms with van der Waals surface area (Å²) in [4.78, 5) is 29.8. The fourth-order valence-corrected chi connectivity index (χ4v) is 5.79. The van der Waals surface area contributed by atoms with Crippen molar-refractivity contribution in [2.75, 3.05) is 24.4 Å². The lowest BCUT2D eigenvalue weighted by Crippen LogP contribution is -2.38. The van der Waals surface area contributed by atoms with Gasteiger partial charge in [-0.15, -0.1) is 0 Å². The van der Waals surface area contributed by atoms with Crippen molar-refractivity contribution < 1.29 is 23.8 Å². The lowest BCUT2D eigenvalue weighted by atomic mass is 9.78. The molecule has 1 aliphatic carbocycles. The fourth-order valence-electron chi connectivity index (χ4n) is 5.79. The monoisotopic (exact) mass is 554 g/mol. The van der Waals surface area contributed by atoms with Gasteiger partial charge in [-0.05, 0) is 61.6 Å². The van der Waals surface area contributed by atoms with Gasteiger partial charge < -0.3 is 19.5 Å². The molecule has 0 saturated heterocycles. The van der Waals surface area contributed by atoms with E-state index < -0.39 is 6.04 Å². The molecule has 3 atom stereocenters. The van der Waals surface area contributed by atoms with Crippen molar-refractivity contribution in [2.45, 2.75) is 64.5 Å². The molecular formula is C34H38N2O5. The molecule has 1 heterocycles. The number of rotatable bonds is 8. The van der Waals surface area contributed by atoms with Gasteiger partial charge in [-0.2, -0.15) is 0 Å². The summed E-state index contributed by atoms with van der Waals surface area (Å²) >= 11 is 0. The van der Waals surface area contributed by atoms with E-state index in [1.165, 1.54) is 0 Å². The molecule has 0 saturated carbocycles. The van der Waals surface area contributed by atoms with E-state index in [-0.39, 0.29) is 23.7 Å². The number of amides is 1. The predicted molar refractivity (Wildman–Crippen MR) is 161 cm³/mol. The van der Waals surface area contributed by atoms with E-state index in [0.29, 0.717) is 42.1 Å². The minimum absolute atomic E-state index is 0.00332. The summed E-state index contributed by atoms with van der Waals surface area (Å²) < 4.78 is 17.4. The van der Waals surface area contributed by atoms with Gasteiger partial charge in [-0.1, -0.05) is 50.2 Å². The van der Waals surface area contributed by atoms with Gasteiger partial charge in [0.05, 0.1) is 37.7 Å². The first-order valence-electron chi connectivity index (χ1n) is 14.3. The SMILES string of the molecule is CCC(=O)N1c2ccccc2NC2=C(C(=O)C[C@H](c3ccc(OC)c(OC)c3)C2)[C@H]1c1ccccc1O[C@@H](C)CC. The molecule has 0 fully saturated rings. The maximum atomic E-state index is 14.3. The molecular weight excluding hydrogens is 516 g/mol. The Hall–Kier alpha value is -4.26. The Bertz CT molecular complexity index is 1480. The van der Waals surface area contributed by atoms with Crippen LogP contribution in [0.1, 0.15) is 69.5 Å². The highest BCUT2D eigenvalue weighted by Crippen LogP contribution is 2.49. The first kappa shape index (κ1) is 28.3. The minimum Gasteiger partial charge on any atom is -0.493 e. The van der Waals surface area contributed by atoms with Crippen molar-refractivity contribution in [2.24, 2.45) is 0 Å². The lowest BCUT2D eigenvalue weighted by molar-refractivity contribution is -0.119. The van der Waals surface area contributed by atoms with Crippen LogP contribution in [-0.4, -0.2) is 32.0 Å². The van der Waals surface area contributed by atoms with Gasteiger partial charge in [0.2, 0.25) is 5.91 Å². The Labute approximate surface area is 242 Å². The summed E-state index contributed by atoms with van der Waals surface area (Å²) in [6, 6.07) is 20.7. The largest absolute Gasteiger partial charge is 0.493 e. The third kappa shape index (κ3) is 5.41. The van der Waals surface area contributed by atoms with Gasteiger partial charge in [0.15, 0.2) is 17.3 Å². The van der Waals surface area contributed by atoms with Crippen molar-refractivity contribution >= 4 is 23.1 Å². The number of para-hydroxylation sites is 3. The van der Waals surface area contributed by atoms with Crippen LogP contribution < -0.4 is 24.4 Å². The first-order valence-corrected chi connectivity index (χ1v) is 14.3. The van der Waals surface area contributed by atoms with Gasteiger partial charge in [-0.25, -0.2) is 0 Å². The molecule has 1 aliphatic heterocycles. The molecule has 5 rings (SSSR count). The maximum Gasteiger partial charge on any atom is 0.227 e. The molecule has 3 aromatic carbocycles. The van der Waals surface area contributed by atoms with E-state index in [2.05, 4.69) is 12.2 Å². The molecule has 7 nitrogen and oxygen atoms in total. The average molecular weight is 555 g/mol. The van der Waals surface area contributed by atoms with Crippen LogP contribution in [0.15, 0.2) is 78.0 Å². The zero-order valence-electron chi connectivity index (χ0n) is 24.4. The first-order chi connectivity index (χ1) is 19.9. The number of Topliss-reactive ketones (excluding diaryl/α,β-unsaturated/α-hetero) is 1. The summed E-state index contributed by atoms with van der Waals surface area (Å²) in [7, 11) is 3.22. The lowest BCUT2D eigenvalue weighted by Gasteiger charge is -2.36. The van der Waals surface area contributed by atoms with E-state index in [0.717, 1.165) is 34.6 Å². The Morgan fingerprint density at radius 2 is 1.68 bits per heavy atom. The molecule has 3 aromatic rings. The Morgan fingerprint density at radius 1 is 0.951 bits per heavy atom. The fraction of sp³-hybridized carbons (Fsp3) is 0.353. The van der Waals surface area contributed by atoms with Crippen LogP contribution in [0.3, 0.4) is 0 Å². The number of carbonyl (C=O) groups is 2. The second-order valence-electron chi connectivity index (χ2n) is 10.6. The summed E-state index contributed by atoms with van der Waals surface area (Å²) in [5.41, 5.74) is 4.78. The van der Waals surface area contributed by atoms with Crippen LogP contribution in [0.25, 0.3) is 0 Å². The number of ether oxygens (including phenoxy) is 3. The third-order valence-corrected chi connectivity index (χ3v) is 8.06. The molecule has 41 heavy (non-hydrogen) atoms. The van der Waals surface area contributed by atoms with Crippen molar-refractivity contribution in [1.29, 1.82) is 0 Å². The van der Waals surface area contributed by atoms with Crippen molar-refractivity contribution in [3.05, 3.63) is 89.1 Å². The van der Waals surface area contributed by atoms with Gasteiger partial charge in [-0.3, -0.25) is 14.5 Å². The maximum absolute atomic E-state index is 14.3. The van der Waals surface area contributed by atoms with Crippen LogP contribution in [0.5, 0.6) is 17.2 Å². The van der Waals surface area contributed by atoms with Gasteiger partial charge in [0.1, 0.15) is 5.75 Å². The highest BCUT2D eigenvalue weighted by atomic mass is 16.5. The molecule has 0 unspecified atom stereocenters. The number of carbonyl (C=O) groups excluding carboxylic acids is 2. The number of anilines is 2. The number of methoxy groups -OCH3 is 2. The van der Waals surface area contributed by atoms with Crippen LogP contribution in [0.4, 0.5) is 11.4 Å². The van der Waals surface area contributed by atoms with E-state index >= 15 is 0 Å². The van der Waals surface area contributed by atoms with Crippen molar-refractivity contribution in [3.63, 3.8) is 0 Å². The van der Waals surface area contributed by atoms with Crippen LogP contribution in [-0.2, 0) is 9.59 Å².